The van der Waals surface area contributed by atoms with Gasteiger partial charge in [0.05, 0.1) is 0 Å². The highest BCUT2D eigenvalue weighted by Crippen LogP contribution is 2.27. The lowest BCUT2D eigenvalue weighted by Crippen LogP contribution is -2.47. The van der Waals surface area contributed by atoms with Gasteiger partial charge in [-0.25, -0.2) is 9.18 Å². The van der Waals surface area contributed by atoms with Gasteiger partial charge in [-0.15, -0.1) is 0 Å². The molecule has 4 rings (SSSR count). The Morgan fingerprint density at radius 2 is 1.96 bits per heavy atom. The number of piperidine rings is 1. The van der Waals surface area contributed by atoms with Crippen molar-refractivity contribution in [3.63, 3.8) is 0 Å². The molecule has 0 spiro atoms. The lowest BCUT2D eigenvalue weighted by Gasteiger charge is -2.30. The van der Waals surface area contributed by atoms with Crippen molar-refractivity contribution in [1.82, 2.24) is 14.8 Å². The molecule has 120 valence electrons. The number of nitrogens with zero attached hydrogens (tertiary/aromatic N) is 2. The molecule has 5 heteroatoms. The molecule has 0 saturated carbocycles. The Kier molecular flexibility index (Phi) is 3.65. The molecule has 2 saturated heterocycles. The Morgan fingerprint density at radius 1 is 1.13 bits per heavy atom. The second-order valence-electron chi connectivity index (χ2n) is 6.61. The van der Waals surface area contributed by atoms with E-state index in [2.05, 4.69) is 10.2 Å². The molecule has 1 aromatic heterocycles. The number of benzene rings is 1. The average Bonchev–Trinajstić information content (AvgIpc) is 3.15. The van der Waals surface area contributed by atoms with Crippen molar-refractivity contribution in [3.05, 3.63) is 48.5 Å². The second-order valence-corrected chi connectivity index (χ2v) is 6.61. The van der Waals surface area contributed by atoms with Gasteiger partial charge in [-0.2, -0.15) is 0 Å². The van der Waals surface area contributed by atoms with Crippen LogP contribution in [-0.4, -0.2) is 41.2 Å². The first-order valence-corrected chi connectivity index (χ1v) is 8.14. The van der Waals surface area contributed by atoms with Crippen LogP contribution in [0.25, 0.3) is 11.1 Å². The monoisotopic (exact) mass is 313 g/mol. The molecular weight excluding hydrogens is 293 g/mol. The molecule has 3 atom stereocenters. The van der Waals surface area contributed by atoms with Crippen LogP contribution in [0.4, 0.5) is 9.18 Å². The standard InChI is InChI=1S/C18H20FN3O/c19-16-3-1-14(2-4-16)15-6-8-22(11-15)18(23)20-17-9-13-5-7-21(10-13)12-17/h1-4,6,8,11,13,17H,5,7,9-10,12H2,(H,20,23). The number of nitrogens with one attached hydrogen (secondary N) is 1. The summed E-state index contributed by atoms with van der Waals surface area (Å²) in [5.41, 5.74) is 1.81. The first-order valence-electron chi connectivity index (χ1n) is 8.14. The highest BCUT2D eigenvalue weighted by Gasteiger charge is 2.32. The van der Waals surface area contributed by atoms with Crippen LogP contribution >= 0.6 is 0 Å². The maximum Gasteiger partial charge on any atom is 0.325 e. The van der Waals surface area contributed by atoms with Gasteiger partial charge in [0, 0.05) is 31.5 Å². The summed E-state index contributed by atoms with van der Waals surface area (Å²) in [6.07, 6.45) is 5.88. The molecule has 2 aromatic rings. The van der Waals surface area contributed by atoms with Crippen molar-refractivity contribution in [1.29, 1.82) is 0 Å². The predicted molar refractivity (Wildman–Crippen MR) is 86.7 cm³/mol. The number of rotatable bonds is 2. The van der Waals surface area contributed by atoms with Crippen LogP contribution in [0.15, 0.2) is 42.7 Å². The molecule has 2 bridgehead atoms. The zero-order valence-electron chi connectivity index (χ0n) is 12.9. The fourth-order valence-electron chi connectivity index (χ4n) is 3.75. The minimum Gasteiger partial charge on any atom is -0.333 e. The van der Waals surface area contributed by atoms with E-state index >= 15 is 0 Å². The van der Waals surface area contributed by atoms with Crippen molar-refractivity contribution in [2.45, 2.75) is 18.9 Å². The molecular formula is C18H20FN3O. The van der Waals surface area contributed by atoms with E-state index in [9.17, 15) is 9.18 Å². The Balaban J connectivity index is 1.44. The van der Waals surface area contributed by atoms with Gasteiger partial charge < -0.3 is 10.2 Å². The summed E-state index contributed by atoms with van der Waals surface area (Å²) in [5.74, 6) is 0.473. The molecule has 1 N–H and O–H groups in total. The molecule has 23 heavy (non-hydrogen) atoms. The van der Waals surface area contributed by atoms with Crippen molar-refractivity contribution in [2.75, 3.05) is 19.6 Å². The molecule has 0 radical (unpaired) electrons. The van der Waals surface area contributed by atoms with Gasteiger partial charge in [-0.1, -0.05) is 12.1 Å². The van der Waals surface area contributed by atoms with E-state index in [0.717, 1.165) is 36.6 Å². The summed E-state index contributed by atoms with van der Waals surface area (Å²) in [7, 11) is 0. The normalized spacial score (nSPS) is 26.2. The molecule has 1 amide bonds. The summed E-state index contributed by atoms with van der Waals surface area (Å²) in [6.45, 7) is 3.30. The van der Waals surface area contributed by atoms with E-state index in [4.69, 9.17) is 0 Å². The van der Waals surface area contributed by atoms with Crippen LogP contribution in [0.5, 0.6) is 0 Å². The number of aromatic nitrogens is 1. The number of halogens is 1. The number of carbonyl (C=O) groups excluding carboxylic acids is 1. The molecule has 3 heterocycles. The lowest BCUT2D eigenvalue weighted by atomic mass is 9.97. The smallest absolute Gasteiger partial charge is 0.325 e. The van der Waals surface area contributed by atoms with E-state index in [-0.39, 0.29) is 17.9 Å². The van der Waals surface area contributed by atoms with E-state index in [1.807, 2.05) is 6.07 Å². The van der Waals surface area contributed by atoms with Crippen LogP contribution in [0, 0.1) is 11.7 Å². The van der Waals surface area contributed by atoms with E-state index in [1.54, 1.807) is 29.1 Å². The number of hydrogen-bond donors (Lipinski definition) is 1. The highest BCUT2D eigenvalue weighted by atomic mass is 19.1. The fourth-order valence-corrected chi connectivity index (χ4v) is 3.75. The van der Waals surface area contributed by atoms with Crippen molar-refractivity contribution >= 4 is 6.03 Å². The van der Waals surface area contributed by atoms with E-state index in [1.165, 1.54) is 25.1 Å². The zero-order valence-corrected chi connectivity index (χ0v) is 12.9. The Labute approximate surface area is 134 Å². The minimum atomic E-state index is -0.257. The van der Waals surface area contributed by atoms with E-state index in [0.29, 0.717) is 0 Å². The fraction of sp³-hybridized carbons (Fsp3) is 0.389. The topological polar surface area (TPSA) is 37.3 Å². The minimum absolute atomic E-state index is 0.0918. The van der Waals surface area contributed by atoms with Crippen LogP contribution in [0.3, 0.4) is 0 Å². The summed E-state index contributed by atoms with van der Waals surface area (Å²) in [4.78, 5) is 14.8. The van der Waals surface area contributed by atoms with Gasteiger partial charge in [-0.3, -0.25) is 4.57 Å². The maximum absolute atomic E-state index is 13.0. The number of carbonyl (C=O) groups is 1. The maximum atomic E-state index is 13.0. The van der Waals surface area contributed by atoms with Crippen LogP contribution in [0.2, 0.25) is 0 Å². The first-order chi connectivity index (χ1) is 11.2. The lowest BCUT2D eigenvalue weighted by molar-refractivity contribution is 0.206. The van der Waals surface area contributed by atoms with Gasteiger partial charge in [-0.05, 0) is 54.6 Å². The molecule has 2 aliphatic rings. The number of amides is 1. The van der Waals surface area contributed by atoms with Crippen LogP contribution in [-0.2, 0) is 0 Å². The molecule has 4 nitrogen and oxygen atoms in total. The average molecular weight is 313 g/mol. The van der Waals surface area contributed by atoms with Crippen LogP contribution in [0.1, 0.15) is 12.8 Å². The predicted octanol–water partition coefficient (Wildman–Crippen LogP) is 2.95. The van der Waals surface area contributed by atoms with Crippen LogP contribution < -0.4 is 5.32 Å². The van der Waals surface area contributed by atoms with Gasteiger partial charge in [0.1, 0.15) is 5.82 Å². The second kappa shape index (κ2) is 5.81. The molecule has 3 unspecified atom stereocenters. The van der Waals surface area contributed by atoms with Gasteiger partial charge in [0.2, 0.25) is 0 Å². The van der Waals surface area contributed by atoms with Crippen molar-refractivity contribution in [3.8, 4) is 11.1 Å². The van der Waals surface area contributed by atoms with Crippen molar-refractivity contribution < 1.29 is 9.18 Å². The zero-order chi connectivity index (χ0) is 15.8. The van der Waals surface area contributed by atoms with Crippen molar-refractivity contribution in [2.24, 2.45) is 5.92 Å². The quantitative estimate of drug-likeness (QED) is 0.925. The molecule has 0 aliphatic carbocycles. The number of fused-ring (bicyclic) bond motifs is 2. The van der Waals surface area contributed by atoms with Gasteiger partial charge >= 0.3 is 6.03 Å². The van der Waals surface area contributed by atoms with Gasteiger partial charge in [0.15, 0.2) is 0 Å². The Bertz CT molecular complexity index is 697. The number of hydrogen-bond acceptors (Lipinski definition) is 2. The third-order valence-corrected chi connectivity index (χ3v) is 4.90. The third kappa shape index (κ3) is 3.01. The Hall–Kier alpha value is -2.14. The summed E-state index contributed by atoms with van der Waals surface area (Å²) in [5, 5.41) is 3.13. The van der Waals surface area contributed by atoms with Gasteiger partial charge in [0.25, 0.3) is 0 Å². The molecule has 2 aliphatic heterocycles. The third-order valence-electron chi connectivity index (χ3n) is 4.90. The summed E-state index contributed by atoms with van der Waals surface area (Å²) >= 11 is 0. The first kappa shape index (κ1) is 14.5. The highest BCUT2D eigenvalue weighted by molar-refractivity contribution is 5.79. The van der Waals surface area contributed by atoms with E-state index < -0.39 is 0 Å². The Morgan fingerprint density at radius 3 is 2.74 bits per heavy atom. The largest absolute Gasteiger partial charge is 0.333 e. The molecule has 1 aromatic carbocycles. The summed E-state index contributed by atoms with van der Waals surface area (Å²) in [6, 6.07) is 8.32. The summed E-state index contributed by atoms with van der Waals surface area (Å²) < 4.78 is 14.6. The SMILES string of the molecule is O=C(NC1CC2CCN(C2)C1)n1ccc(-c2ccc(F)cc2)c1. The molecule has 2 fully saturated rings.